The second-order valence-electron chi connectivity index (χ2n) is 30.5. The molecule has 0 radical (unpaired) electrons. The molecule has 0 spiro atoms. The summed E-state index contributed by atoms with van der Waals surface area (Å²) < 4.78 is 7.50. The molecule has 0 amide bonds. The van der Waals surface area contributed by atoms with Crippen molar-refractivity contribution in [1.29, 1.82) is 0 Å². The Bertz CT molecular complexity index is 4810. The van der Waals surface area contributed by atoms with Gasteiger partial charge in [0.25, 0.3) is 0 Å². The summed E-state index contributed by atoms with van der Waals surface area (Å²) in [5.41, 5.74) is 0. The molecule has 0 atom stereocenters. The Morgan fingerprint density at radius 3 is 0.526 bits per heavy atom. The summed E-state index contributed by atoms with van der Waals surface area (Å²) in [6.45, 7) is 14.4. The van der Waals surface area contributed by atoms with Crippen molar-refractivity contribution >= 4 is 172 Å². The summed E-state index contributed by atoms with van der Waals surface area (Å²) in [5, 5.41) is 28.4. The number of halogens is 3. The van der Waals surface area contributed by atoms with Gasteiger partial charge in [-0.15, -0.1) is 0 Å². The fraction of sp³-hybridized carbons (Fsp3) is 0.133. The first kappa shape index (κ1) is 120. The zero-order chi connectivity index (χ0) is 94.6. The first-order chi connectivity index (χ1) is 66.6. The fourth-order valence-electron chi connectivity index (χ4n) is 15.2. The number of unbranched alkanes of at least 4 members (excludes halogenated alkanes) is 6. The first-order valence-corrected chi connectivity index (χ1v) is 60.7. The van der Waals surface area contributed by atoms with Gasteiger partial charge in [-0.2, -0.15) is 0 Å². The number of hydrogen-bond donors (Lipinski definition) is 1. The predicted octanol–water partition coefficient (Wildman–Crippen LogP) is 18.7. The van der Waals surface area contributed by atoms with Crippen LogP contribution in [-0.2, 0) is 44.1 Å². The van der Waals surface area contributed by atoms with Crippen molar-refractivity contribution in [3.63, 3.8) is 0 Å². The Labute approximate surface area is 884 Å². The Balaban J connectivity index is 0.000000287. The Morgan fingerprint density at radius 2 is 0.387 bits per heavy atom. The van der Waals surface area contributed by atoms with Gasteiger partial charge in [-0.25, -0.2) is 0 Å². The van der Waals surface area contributed by atoms with E-state index in [1.165, 1.54) is 166 Å². The van der Waals surface area contributed by atoms with Gasteiger partial charge in [0, 0.05) is 13.1 Å². The third-order valence-electron chi connectivity index (χ3n) is 21.5. The van der Waals surface area contributed by atoms with Gasteiger partial charge in [-0.05, 0) is 182 Å². The normalized spacial score (nSPS) is 10.1. The molecular weight excluding hydrogens is 2050 g/mol. The topological polar surface area (TPSA) is 79.0 Å². The quantitative estimate of drug-likeness (QED) is 0.0111. The maximum absolute atomic E-state index is 7.75. The van der Waals surface area contributed by atoms with Crippen LogP contribution >= 0.6 is 74.8 Å². The van der Waals surface area contributed by atoms with Crippen LogP contribution < -0.4 is 137 Å². The summed E-state index contributed by atoms with van der Waals surface area (Å²) in [4.78, 5) is 7.75. The van der Waals surface area contributed by atoms with Crippen molar-refractivity contribution < 1.29 is 91.5 Å². The summed E-state index contributed by atoms with van der Waals surface area (Å²) >= 11 is 3.44. The molecule has 0 saturated heterocycles. The van der Waals surface area contributed by atoms with Crippen molar-refractivity contribution in [2.24, 2.45) is 0 Å². The predicted molar refractivity (Wildman–Crippen MR) is 601 cm³/mol. The van der Waals surface area contributed by atoms with E-state index in [4.69, 9.17) is 9.45 Å². The smallest absolute Gasteiger partial charge is 0.870 e. The van der Waals surface area contributed by atoms with Gasteiger partial charge < -0.3 is 28.0 Å². The van der Waals surface area contributed by atoms with Gasteiger partial charge in [0.2, 0.25) is 0 Å². The van der Waals surface area contributed by atoms with E-state index in [0.29, 0.717) is 0 Å². The van der Waals surface area contributed by atoms with Crippen molar-refractivity contribution in [3.8, 4) is 0 Å². The van der Waals surface area contributed by atoms with E-state index in [0.717, 1.165) is 13.1 Å². The van der Waals surface area contributed by atoms with Crippen LogP contribution in [0, 0.1) is 6.65 Å². The van der Waals surface area contributed by atoms with Gasteiger partial charge in [0.15, 0.2) is 0 Å². The van der Waals surface area contributed by atoms with Crippen molar-refractivity contribution in [2.45, 2.75) is 65.2 Å². The minimum Gasteiger partial charge on any atom is -0.870 e. The van der Waals surface area contributed by atoms with E-state index in [1.54, 1.807) is 17.3 Å². The molecule has 2 N–H and O–H groups in total. The number of nitrogens with one attached hydrogen (secondary N) is 1. The van der Waals surface area contributed by atoms with Gasteiger partial charge in [0.05, 0.1) is 49.4 Å². The molecule has 17 aromatic rings. The monoisotopic (exact) mass is 2180 g/mol. The van der Waals surface area contributed by atoms with Crippen LogP contribution in [-0.4, -0.2) is 50.0 Å². The maximum Gasteiger partial charge on any atom is 1.00 e. The first-order valence-electron chi connectivity index (χ1n) is 45.6. The zero-order valence-electron chi connectivity index (χ0n) is 78.4. The maximum atomic E-state index is 7.75. The molecule has 0 aliphatic carbocycles. The van der Waals surface area contributed by atoms with Gasteiger partial charge >= 0.3 is 94.9 Å². The molecule has 0 unspecified atom stereocenters. The molecule has 17 aromatic carbocycles. The van der Waals surface area contributed by atoms with Crippen LogP contribution in [0.2, 0.25) is 0 Å². The summed E-state index contributed by atoms with van der Waals surface area (Å²) in [5.74, 6) is 0. The number of benzene rings is 17. The molecule has 0 bridgehead atoms. The van der Waals surface area contributed by atoms with Crippen molar-refractivity contribution in [2.75, 3.05) is 37.7 Å². The Morgan fingerprint density at radius 1 is 0.255 bits per heavy atom. The summed E-state index contributed by atoms with van der Waals surface area (Å²) in [6, 6.07) is 185. The largest absolute Gasteiger partial charge is 1.00 e. The second-order valence-corrected chi connectivity index (χ2v) is 47.0. The molecule has 17 heteroatoms. The van der Waals surface area contributed by atoms with Crippen molar-refractivity contribution in [3.05, 3.63) is 522 Å². The molecule has 0 aliphatic rings. The average molecular weight is 2180 g/mol. The molecular formula is C120H125Cl3NNaO3P7Ru2+2. The third kappa shape index (κ3) is 43.7. The molecule has 699 valence electrons. The molecule has 0 saturated carbocycles. The van der Waals surface area contributed by atoms with Crippen LogP contribution in [0.1, 0.15) is 65.2 Å². The molecule has 137 heavy (non-hydrogen) atoms. The molecule has 0 aromatic heterocycles. The van der Waals surface area contributed by atoms with E-state index in [9.17, 15) is 0 Å². The van der Waals surface area contributed by atoms with E-state index in [2.05, 4.69) is 568 Å². The van der Waals surface area contributed by atoms with Crippen molar-refractivity contribution in [1.82, 2.24) is 5.32 Å². The van der Waals surface area contributed by atoms with E-state index in [1.807, 2.05) is 17.3 Å². The Kier molecular flexibility index (Phi) is 67.2. The zero-order valence-corrected chi connectivity index (χ0v) is 92.8. The number of rotatable bonds is 33. The van der Waals surface area contributed by atoms with Gasteiger partial charge in [-0.3, -0.25) is 6.79 Å². The van der Waals surface area contributed by atoms with Gasteiger partial charge in [-0.1, -0.05) is 519 Å². The van der Waals surface area contributed by atoms with Gasteiger partial charge in [0.1, 0.15) is 0 Å². The molecule has 4 nitrogen and oxygen atoms in total. The van der Waals surface area contributed by atoms with E-state index >= 15 is 0 Å². The van der Waals surface area contributed by atoms with Crippen LogP contribution in [0.3, 0.4) is 0 Å². The Hall–Kier alpha value is -7.80. The molecule has 0 fully saturated rings. The van der Waals surface area contributed by atoms with Crippen LogP contribution in [0.25, 0.3) is 0 Å². The van der Waals surface area contributed by atoms with Crippen LogP contribution in [0.15, 0.2) is 516 Å². The summed E-state index contributed by atoms with van der Waals surface area (Å²) in [7, 11) is 5.99. The number of hydrogen-bond acceptors (Lipinski definition) is 3. The van der Waals surface area contributed by atoms with Crippen LogP contribution in [0.4, 0.5) is 0 Å². The third-order valence-corrected chi connectivity index (χ3v) is 39.6. The summed E-state index contributed by atoms with van der Waals surface area (Å²) in [6.07, 6.45) is 15.9. The number of carbonyl (C=O) groups excluding carboxylic acids is 1. The molecule has 0 aliphatic heterocycles. The minimum absolute atomic E-state index is 0. The van der Waals surface area contributed by atoms with Crippen LogP contribution in [0.5, 0.6) is 0 Å². The molecule has 17 rings (SSSR count). The SMILES string of the molecule is CCCCCCP(c1ccccc1)c1ccccc1.CCCCCCP(c1ccccc1)c1ccccc1.[C-]#[O+].[CH-]=O.[Cl-].[Cl][RuH+2].[Cl][Ru].[Na+].[OH-].c1ccc(P(c2ccccc2)c2ccccc2)cc1.c1ccc(P(c2ccccc2)c2ccccc2)cc1.c1ccc(P(c2ccccc2)c2ccccc2)cc1.c1ccc([PH+](CCNCC[PH+](c2ccccc2)c2ccccc2)c2ccccc2)cc1. The van der Waals surface area contributed by atoms with E-state index < -0.39 is 39.6 Å². The minimum atomic E-state index is -0.758. The molecule has 0 heterocycles. The standard InChI is InChI=1S/C28H29NP2.3C18H15P.2C18H23P.CHO.CO.3ClH.Na.H2O.2Ru.H/c1-5-13-25(14-6-1)30(26-15-7-2-8-16-26)23-21-29-22-24-31(27-17-9-3-10-18-27)28-19-11-4-12-20-28;3*1-4-10-16(11-5-1)19(17-12-6-2-7-13-17)18-14-8-3-9-15-18;2*1-2-3-4-11-16-19(17-12-7-5-8-13-17)18-14-9-6-10-15-18;2*1-2;;;;;;;;/h1-20,29H,21-24H2;3*1-15H;2*5-10,12-15H,2-4,11,16H2,1H3;1H;;3*1H;;1H2;;;/q;;;;;;-1;;;;;+1;;+1;+3;/p-2. The fourth-order valence-corrected chi connectivity index (χ4v) is 32.0. The van der Waals surface area contributed by atoms with E-state index in [-0.39, 0.29) is 63.3 Å². The average Bonchev–Trinajstić information content (AvgIpc) is 0.826. The second kappa shape index (κ2) is 76.9.